The summed E-state index contributed by atoms with van der Waals surface area (Å²) in [5, 5.41) is 8.55. The Morgan fingerprint density at radius 2 is 2.18 bits per heavy atom. The second-order valence-corrected chi connectivity index (χ2v) is 4.16. The quantitative estimate of drug-likeness (QED) is 0.605. The number of hydroxylamine groups is 1. The molecule has 0 aromatic heterocycles. The Hall–Kier alpha value is -1.59. The van der Waals surface area contributed by atoms with Crippen LogP contribution in [0.1, 0.15) is 17.9 Å². The number of carbonyl (C=O) groups excluding carboxylic acids is 1. The molecule has 2 amide bonds. The number of hydrogen-bond donors (Lipinski definition) is 2. The number of ether oxygens (including phenoxy) is 1. The van der Waals surface area contributed by atoms with Crippen molar-refractivity contribution in [2.75, 3.05) is 13.7 Å². The first-order valence-corrected chi connectivity index (χ1v) is 5.56. The van der Waals surface area contributed by atoms with Gasteiger partial charge in [-0.2, -0.15) is 0 Å². The maximum absolute atomic E-state index is 11.2. The molecular weight excluding hydrogens is 220 g/mol. The van der Waals surface area contributed by atoms with Crippen LogP contribution in [-0.2, 0) is 4.74 Å². The van der Waals surface area contributed by atoms with Gasteiger partial charge >= 0.3 is 6.03 Å². The fourth-order valence-electron chi connectivity index (χ4n) is 2.04. The normalized spacial score (nSPS) is 23.4. The van der Waals surface area contributed by atoms with E-state index in [9.17, 15) is 4.79 Å². The van der Waals surface area contributed by atoms with Crippen LogP contribution in [0.3, 0.4) is 0 Å². The highest BCUT2D eigenvalue weighted by Gasteiger charge is 2.31. The van der Waals surface area contributed by atoms with E-state index in [1.807, 2.05) is 18.2 Å². The van der Waals surface area contributed by atoms with E-state index in [0.29, 0.717) is 12.5 Å². The zero-order chi connectivity index (χ0) is 12.3. The lowest BCUT2D eigenvalue weighted by molar-refractivity contribution is 0.00681. The van der Waals surface area contributed by atoms with Gasteiger partial charge in [0.15, 0.2) is 0 Å². The summed E-state index contributed by atoms with van der Waals surface area (Å²) in [6, 6.07) is 9.52. The third-order valence-electron chi connectivity index (χ3n) is 3.09. The van der Waals surface area contributed by atoms with Crippen LogP contribution >= 0.6 is 0 Å². The van der Waals surface area contributed by atoms with E-state index < -0.39 is 6.03 Å². The summed E-state index contributed by atoms with van der Waals surface area (Å²) >= 11 is 0. The summed E-state index contributed by atoms with van der Waals surface area (Å²) in [5.41, 5.74) is 2.82. The number of rotatable bonds is 2. The zero-order valence-corrected chi connectivity index (χ0v) is 9.67. The summed E-state index contributed by atoms with van der Waals surface area (Å²) in [6.07, 6.45) is 0.459. The molecular formula is C12H16N2O3. The van der Waals surface area contributed by atoms with Crippen LogP contribution in [0, 0.1) is 0 Å². The third kappa shape index (κ3) is 2.57. The zero-order valence-electron chi connectivity index (χ0n) is 9.67. The van der Waals surface area contributed by atoms with Crippen molar-refractivity contribution in [3.8, 4) is 0 Å². The predicted molar refractivity (Wildman–Crippen MR) is 61.6 cm³/mol. The molecule has 0 radical (unpaired) electrons. The molecule has 1 aliphatic heterocycles. The highest BCUT2D eigenvalue weighted by atomic mass is 16.5. The summed E-state index contributed by atoms with van der Waals surface area (Å²) in [6.45, 7) is 0.595. The topological polar surface area (TPSA) is 61.8 Å². The lowest BCUT2D eigenvalue weighted by Gasteiger charge is -2.22. The Morgan fingerprint density at radius 3 is 2.82 bits per heavy atom. The lowest BCUT2D eigenvalue weighted by Crippen LogP contribution is -2.42. The van der Waals surface area contributed by atoms with Crippen molar-refractivity contribution in [2.45, 2.75) is 18.6 Å². The van der Waals surface area contributed by atoms with Crippen molar-refractivity contribution < 1.29 is 14.7 Å². The second kappa shape index (κ2) is 5.16. The molecule has 0 spiro atoms. The summed E-state index contributed by atoms with van der Waals surface area (Å²) < 4.78 is 5.56. The Labute approximate surface area is 99.9 Å². The highest BCUT2D eigenvalue weighted by Crippen LogP contribution is 2.30. The molecule has 0 aliphatic carbocycles. The average Bonchev–Trinajstić information content (AvgIpc) is 2.87. The summed E-state index contributed by atoms with van der Waals surface area (Å²) in [7, 11) is 1.60. The number of nitrogens with one attached hydrogen (secondary N) is 1. The monoisotopic (exact) mass is 236 g/mol. The van der Waals surface area contributed by atoms with E-state index in [1.54, 1.807) is 12.5 Å². The van der Waals surface area contributed by atoms with Gasteiger partial charge in [-0.15, -0.1) is 0 Å². The van der Waals surface area contributed by atoms with E-state index in [1.165, 1.54) is 10.5 Å². The Bertz CT molecular complexity index is 383. The maximum Gasteiger partial charge on any atom is 0.342 e. The molecule has 2 N–H and O–H groups in total. The molecule has 1 fully saturated rings. The Kier molecular flexibility index (Phi) is 3.61. The van der Waals surface area contributed by atoms with Gasteiger partial charge in [-0.1, -0.05) is 30.3 Å². The third-order valence-corrected chi connectivity index (χ3v) is 3.09. The van der Waals surface area contributed by atoms with Gasteiger partial charge in [0, 0.05) is 19.4 Å². The molecule has 5 nitrogen and oxygen atoms in total. The summed E-state index contributed by atoms with van der Waals surface area (Å²) in [5.74, 6) is 0.301. The van der Waals surface area contributed by atoms with Crippen molar-refractivity contribution in [1.82, 2.24) is 10.4 Å². The minimum atomic E-state index is -0.552. The molecule has 2 rings (SSSR count). The standard InChI is InChI=1S/C12H16N2O3/c1-14(12(15)13-16)11-7-10(8-17-11)9-5-3-2-4-6-9/h2-6,10-11,16H,7-8H2,1H3,(H,13,15). The fraction of sp³-hybridized carbons (Fsp3) is 0.417. The lowest BCUT2D eigenvalue weighted by atomic mass is 9.98. The van der Waals surface area contributed by atoms with E-state index in [4.69, 9.17) is 9.94 Å². The molecule has 0 saturated carbocycles. The van der Waals surface area contributed by atoms with Crippen LogP contribution in [-0.4, -0.2) is 36.0 Å². The van der Waals surface area contributed by atoms with Crippen molar-refractivity contribution in [3.63, 3.8) is 0 Å². The highest BCUT2D eigenvalue weighted by molar-refractivity contribution is 5.72. The van der Waals surface area contributed by atoms with E-state index in [0.717, 1.165) is 6.42 Å². The first kappa shape index (κ1) is 11.9. The van der Waals surface area contributed by atoms with Gasteiger partial charge in [0.25, 0.3) is 0 Å². The molecule has 1 aromatic rings. The van der Waals surface area contributed by atoms with Crippen LogP contribution in [0.15, 0.2) is 30.3 Å². The smallest absolute Gasteiger partial charge is 0.342 e. The maximum atomic E-state index is 11.2. The predicted octanol–water partition coefficient (Wildman–Crippen LogP) is 1.55. The van der Waals surface area contributed by atoms with Crippen LogP contribution in [0.4, 0.5) is 4.79 Å². The van der Waals surface area contributed by atoms with Gasteiger partial charge in [0.1, 0.15) is 6.23 Å². The molecule has 5 heteroatoms. The number of benzene rings is 1. The molecule has 0 bridgehead atoms. The van der Waals surface area contributed by atoms with Crippen molar-refractivity contribution >= 4 is 6.03 Å². The molecule has 2 atom stereocenters. The fourth-order valence-corrected chi connectivity index (χ4v) is 2.04. The second-order valence-electron chi connectivity index (χ2n) is 4.16. The molecule has 1 saturated heterocycles. The number of hydrogen-bond acceptors (Lipinski definition) is 3. The van der Waals surface area contributed by atoms with Crippen LogP contribution < -0.4 is 5.48 Å². The van der Waals surface area contributed by atoms with Gasteiger partial charge in [-0.05, 0) is 5.56 Å². The molecule has 2 unspecified atom stereocenters. The molecule has 92 valence electrons. The van der Waals surface area contributed by atoms with Crippen molar-refractivity contribution in [1.29, 1.82) is 0 Å². The largest absolute Gasteiger partial charge is 0.358 e. The van der Waals surface area contributed by atoms with Crippen molar-refractivity contribution in [3.05, 3.63) is 35.9 Å². The van der Waals surface area contributed by atoms with Gasteiger partial charge < -0.3 is 9.64 Å². The molecule has 1 aromatic carbocycles. The Morgan fingerprint density at radius 1 is 1.47 bits per heavy atom. The first-order chi connectivity index (χ1) is 8.22. The van der Waals surface area contributed by atoms with Crippen molar-refractivity contribution in [2.24, 2.45) is 0 Å². The molecule has 1 heterocycles. The molecule has 17 heavy (non-hydrogen) atoms. The average molecular weight is 236 g/mol. The summed E-state index contributed by atoms with van der Waals surface area (Å²) in [4.78, 5) is 12.6. The van der Waals surface area contributed by atoms with Crippen LogP contribution in [0.2, 0.25) is 0 Å². The first-order valence-electron chi connectivity index (χ1n) is 5.56. The number of urea groups is 1. The number of nitrogens with zero attached hydrogens (tertiary/aromatic N) is 1. The van der Waals surface area contributed by atoms with E-state index in [2.05, 4.69) is 12.1 Å². The molecule has 1 aliphatic rings. The number of amides is 2. The van der Waals surface area contributed by atoms with Crippen LogP contribution in [0.5, 0.6) is 0 Å². The SMILES string of the molecule is CN(C(=O)NO)C1CC(c2ccccc2)CO1. The van der Waals surface area contributed by atoms with E-state index in [-0.39, 0.29) is 6.23 Å². The van der Waals surface area contributed by atoms with Gasteiger partial charge in [-0.3, -0.25) is 5.21 Å². The van der Waals surface area contributed by atoms with Gasteiger partial charge in [0.2, 0.25) is 0 Å². The van der Waals surface area contributed by atoms with Gasteiger partial charge in [-0.25, -0.2) is 10.3 Å². The Balaban J connectivity index is 1.98. The van der Waals surface area contributed by atoms with E-state index >= 15 is 0 Å². The van der Waals surface area contributed by atoms with Crippen LogP contribution in [0.25, 0.3) is 0 Å². The number of carbonyl (C=O) groups is 1. The van der Waals surface area contributed by atoms with Gasteiger partial charge in [0.05, 0.1) is 6.61 Å². The minimum absolute atomic E-state index is 0.285. The minimum Gasteiger partial charge on any atom is -0.358 e.